The highest BCUT2D eigenvalue weighted by atomic mass is 79.9. The van der Waals surface area contributed by atoms with Gasteiger partial charge in [-0.05, 0) is 52.2 Å². The smallest absolute Gasteiger partial charge is 0.251 e. The van der Waals surface area contributed by atoms with Crippen molar-refractivity contribution < 1.29 is 9.53 Å². The van der Waals surface area contributed by atoms with Crippen LogP contribution in [-0.2, 0) is 6.61 Å². The molecule has 3 aromatic rings. The van der Waals surface area contributed by atoms with Gasteiger partial charge in [-0.25, -0.2) is 0 Å². The summed E-state index contributed by atoms with van der Waals surface area (Å²) in [6.45, 7) is 2.45. The number of halogens is 1. The largest absolute Gasteiger partial charge is 0.488 e. The molecule has 0 spiro atoms. The van der Waals surface area contributed by atoms with E-state index in [2.05, 4.69) is 21.2 Å². The Morgan fingerprint density at radius 3 is 2.31 bits per heavy atom. The number of carbonyl (C=O) groups is 1. The summed E-state index contributed by atoms with van der Waals surface area (Å²) < 4.78 is 6.59. The first-order chi connectivity index (χ1) is 12.6. The van der Waals surface area contributed by atoms with Crippen LogP contribution in [-0.4, -0.2) is 5.91 Å². The van der Waals surface area contributed by atoms with Gasteiger partial charge in [0.25, 0.3) is 5.91 Å². The van der Waals surface area contributed by atoms with E-state index in [-0.39, 0.29) is 11.9 Å². The standard InChI is InChI=1S/C22H20BrNO2/c1-16(18-10-6-3-7-11-18)24-22(25)19-12-13-21(20(23)14-19)26-15-17-8-4-2-5-9-17/h2-14,16H,15H2,1H3,(H,24,25). The first kappa shape index (κ1) is 18.2. The molecular weight excluding hydrogens is 390 g/mol. The fourth-order valence-electron chi connectivity index (χ4n) is 2.60. The summed E-state index contributed by atoms with van der Waals surface area (Å²) >= 11 is 3.50. The van der Waals surface area contributed by atoms with Crippen LogP contribution >= 0.6 is 15.9 Å². The number of benzene rings is 3. The van der Waals surface area contributed by atoms with E-state index in [1.807, 2.05) is 73.7 Å². The Kier molecular flexibility index (Phi) is 6.08. The van der Waals surface area contributed by atoms with Crippen molar-refractivity contribution in [1.82, 2.24) is 5.32 Å². The summed E-state index contributed by atoms with van der Waals surface area (Å²) in [6.07, 6.45) is 0. The summed E-state index contributed by atoms with van der Waals surface area (Å²) in [7, 11) is 0. The first-order valence-electron chi connectivity index (χ1n) is 8.45. The zero-order valence-corrected chi connectivity index (χ0v) is 16.1. The zero-order chi connectivity index (χ0) is 18.4. The maximum atomic E-state index is 12.5. The average Bonchev–Trinajstić information content (AvgIpc) is 2.68. The van der Waals surface area contributed by atoms with E-state index < -0.39 is 0 Å². The number of amides is 1. The molecule has 3 aromatic carbocycles. The van der Waals surface area contributed by atoms with Gasteiger partial charge in [0.1, 0.15) is 12.4 Å². The topological polar surface area (TPSA) is 38.3 Å². The molecule has 0 aliphatic rings. The minimum Gasteiger partial charge on any atom is -0.488 e. The summed E-state index contributed by atoms with van der Waals surface area (Å²) in [5, 5.41) is 3.02. The highest BCUT2D eigenvalue weighted by molar-refractivity contribution is 9.10. The van der Waals surface area contributed by atoms with Crippen LogP contribution in [0.4, 0.5) is 0 Å². The average molecular weight is 410 g/mol. The second-order valence-corrected chi connectivity index (χ2v) is 6.88. The Labute approximate surface area is 162 Å². The number of carbonyl (C=O) groups excluding carboxylic acids is 1. The summed E-state index contributed by atoms with van der Waals surface area (Å²) in [6, 6.07) is 25.2. The number of ether oxygens (including phenoxy) is 1. The van der Waals surface area contributed by atoms with E-state index in [0.717, 1.165) is 15.6 Å². The molecule has 26 heavy (non-hydrogen) atoms. The van der Waals surface area contributed by atoms with Crippen LogP contribution in [0, 0.1) is 0 Å². The van der Waals surface area contributed by atoms with Gasteiger partial charge >= 0.3 is 0 Å². The van der Waals surface area contributed by atoms with Gasteiger partial charge in [-0.15, -0.1) is 0 Å². The molecule has 0 fully saturated rings. The quantitative estimate of drug-likeness (QED) is 0.581. The van der Waals surface area contributed by atoms with Crippen LogP contribution in [0.2, 0.25) is 0 Å². The van der Waals surface area contributed by atoms with Crippen molar-refractivity contribution in [2.24, 2.45) is 0 Å². The van der Waals surface area contributed by atoms with Gasteiger partial charge < -0.3 is 10.1 Å². The van der Waals surface area contributed by atoms with Gasteiger partial charge in [-0.1, -0.05) is 60.7 Å². The molecule has 1 unspecified atom stereocenters. The Balaban J connectivity index is 1.64. The molecule has 1 amide bonds. The van der Waals surface area contributed by atoms with Crippen LogP contribution in [0.3, 0.4) is 0 Å². The molecule has 0 bridgehead atoms. The molecule has 3 rings (SSSR count). The lowest BCUT2D eigenvalue weighted by atomic mass is 10.1. The van der Waals surface area contributed by atoms with E-state index in [1.165, 1.54) is 0 Å². The highest BCUT2D eigenvalue weighted by Gasteiger charge is 2.13. The third-order valence-electron chi connectivity index (χ3n) is 4.08. The van der Waals surface area contributed by atoms with E-state index in [9.17, 15) is 4.79 Å². The minimum atomic E-state index is -0.114. The van der Waals surface area contributed by atoms with Gasteiger partial charge in [-0.2, -0.15) is 0 Å². The highest BCUT2D eigenvalue weighted by Crippen LogP contribution is 2.27. The fraction of sp³-hybridized carbons (Fsp3) is 0.136. The summed E-state index contributed by atoms with van der Waals surface area (Å²) in [4.78, 5) is 12.5. The number of rotatable bonds is 6. The van der Waals surface area contributed by atoms with Gasteiger partial charge in [0, 0.05) is 5.56 Å². The summed E-state index contributed by atoms with van der Waals surface area (Å²) in [5.41, 5.74) is 2.76. The molecule has 0 aliphatic heterocycles. The fourth-order valence-corrected chi connectivity index (χ4v) is 3.09. The van der Waals surface area contributed by atoms with E-state index in [0.29, 0.717) is 17.9 Å². The van der Waals surface area contributed by atoms with Gasteiger partial charge in [0.15, 0.2) is 0 Å². The lowest BCUT2D eigenvalue weighted by Crippen LogP contribution is -2.26. The van der Waals surface area contributed by atoms with Crippen molar-refractivity contribution >= 4 is 21.8 Å². The molecule has 4 heteroatoms. The van der Waals surface area contributed by atoms with Crippen LogP contribution in [0.15, 0.2) is 83.3 Å². The molecule has 0 aromatic heterocycles. The lowest BCUT2D eigenvalue weighted by Gasteiger charge is -2.15. The maximum absolute atomic E-state index is 12.5. The van der Waals surface area contributed by atoms with Crippen molar-refractivity contribution in [2.75, 3.05) is 0 Å². The van der Waals surface area contributed by atoms with Crippen LogP contribution < -0.4 is 10.1 Å². The lowest BCUT2D eigenvalue weighted by molar-refractivity contribution is 0.0940. The van der Waals surface area contributed by atoms with E-state index in [1.54, 1.807) is 12.1 Å². The van der Waals surface area contributed by atoms with Crippen molar-refractivity contribution in [3.63, 3.8) is 0 Å². The zero-order valence-electron chi connectivity index (χ0n) is 14.5. The van der Waals surface area contributed by atoms with Crippen molar-refractivity contribution in [3.05, 3.63) is 100 Å². The molecule has 0 heterocycles. The SMILES string of the molecule is CC(NC(=O)c1ccc(OCc2ccccc2)c(Br)c1)c1ccccc1. The van der Waals surface area contributed by atoms with E-state index >= 15 is 0 Å². The monoisotopic (exact) mass is 409 g/mol. The molecule has 0 radical (unpaired) electrons. The molecule has 0 saturated heterocycles. The first-order valence-corrected chi connectivity index (χ1v) is 9.25. The predicted molar refractivity (Wildman–Crippen MR) is 107 cm³/mol. The third-order valence-corrected chi connectivity index (χ3v) is 4.70. The van der Waals surface area contributed by atoms with Crippen molar-refractivity contribution in [1.29, 1.82) is 0 Å². The van der Waals surface area contributed by atoms with Crippen LogP contribution in [0.5, 0.6) is 5.75 Å². The maximum Gasteiger partial charge on any atom is 0.251 e. The van der Waals surface area contributed by atoms with Crippen molar-refractivity contribution in [2.45, 2.75) is 19.6 Å². The number of nitrogens with one attached hydrogen (secondary N) is 1. The molecule has 1 N–H and O–H groups in total. The molecule has 1 atom stereocenters. The second-order valence-electron chi connectivity index (χ2n) is 6.03. The number of hydrogen-bond acceptors (Lipinski definition) is 2. The van der Waals surface area contributed by atoms with Gasteiger partial charge in [-0.3, -0.25) is 4.79 Å². The molecular formula is C22H20BrNO2. The Hall–Kier alpha value is -2.59. The molecule has 3 nitrogen and oxygen atoms in total. The van der Waals surface area contributed by atoms with Crippen molar-refractivity contribution in [3.8, 4) is 5.75 Å². The minimum absolute atomic E-state index is 0.0588. The summed E-state index contributed by atoms with van der Waals surface area (Å²) in [5.74, 6) is 0.596. The Morgan fingerprint density at radius 2 is 1.65 bits per heavy atom. The second kappa shape index (κ2) is 8.68. The molecule has 132 valence electrons. The van der Waals surface area contributed by atoms with Crippen LogP contribution in [0.25, 0.3) is 0 Å². The van der Waals surface area contributed by atoms with Gasteiger partial charge in [0.05, 0.1) is 10.5 Å². The van der Waals surface area contributed by atoms with Gasteiger partial charge in [0.2, 0.25) is 0 Å². The molecule has 0 saturated carbocycles. The predicted octanol–water partition coefficient (Wildman–Crippen LogP) is 5.52. The van der Waals surface area contributed by atoms with Crippen LogP contribution in [0.1, 0.15) is 34.5 Å². The molecule has 0 aliphatic carbocycles. The van der Waals surface area contributed by atoms with E-state index in [4.69, 9.17) is 4.74 Å². The normalized spacial score (nSPS) is 11.6. The Morgan fingerprint density at radius 1 is 1.00 bits per heavy atom. The Bertz CT molecular complexity index is 866. The third kappa shape index (κ3) is 4.73. The number of hydrogen-bond donors (Lipinski definition) is 1.